The average molecular weight is 445 g/mol. The van der Waals surface area contributed by atoms with Crippen molar-refractivity contribution in [1.29, 1.82) is 0 Å². The fraction of sp³-hybridized carbons (Fsp3) is 0.200. The number of nitrogens with zero attached hydrogens (tertiary/aromatic N) is 2. The lowest BCUT2D eigenvalue weighted by molar-refractivity contribution is -0.578. The van der Waals surface area contributed by atoms with Crippen LogP contribution in [0.15, 0.2) is 66.7 Å². The van der Waals surface area contributed by atoms with Crippen molar-refractivity contribution < 1.29 is 14.5 Å². The van der Waals surface area contributed by atoms with E-state index in [2.05, 4.69) is 0 Å². The quantitative estimate of drug-likeness (QED) is 0.332. The first-order valence-electron chi connectivity index (χ1n) is 10.4. The molecule has 7 heteroatoms. The van der Waals surface area contributed by atoms with Crippen LogP contribution in [0.4, 0.5) is 5.69 Å². The van der Waals surface area contributed by atoms with Crippen LogP contribution in [0, 0.1) is 28.9 Å². The molecule has 1 heterocycles. The van der Waals surface area contributed by atoms with Crippen LogP contribution in [-0.4, -0.2) is 16.7 Å². The summed E-state index contributed by atoms with van der Waals surface area (Å²) in [6.07, 6.45) is 0. The molecule has 3 aromatic carbocycles. The Kier molecular flexibility index (Phi) is 3.76. The van der Waals surface area contributed by atoms with Crippen molar-refractivity contribution >= 4 is 29.1 Å². The van der Waals surface area contributed by atoms with E-state index in [4.69, 9.17) is 11.6 Å². The van der Waals surface area contributed by atoms with E-state index in [1.165, 1.54) is 0 Å². The average Bonchev–Trinajstić information content (AvgIpc) is 3.06. The zero-order valence-electron chi connectivity index (χ0n) is 17.0. The molecule has 0 saturated carbocycles. The maximum Gasteiger partial charge on any atom is 0.285 e. The number of halogens is 1. The molecule has 0 spiro atoms. The normalized spacial score (nSPS) is 27.2. The summed E-state index contributed by atoms with van der Waals surface area (Å²) in [6.45, 7) is 1.83. The highest BCUT2D eigenvalue weighted by molar-refractivity contribution is 6.32. The summed E-state index contributed by atoms with van der Waals surface area (Å²) in [6, 6.07) is 19.2. The number of anilines is 1. The molecule has 1 aliphatic heterocycles. The second-order valence-corrected chi connectivity index (χ2v) is 9.03. The lowest BCUT2D eigenvalue weighted by atomic mass is 9.51. The van der Waals surface area contributed by atoms with Gasteiger partial charge in [0.05, 0.1) is 11.6 Å². The fourth-order valence-electron chi connectivity index (χ4n) is 6.02. The largest absolute Gasteiger partial charge is 0.285 e. The number of nitro groups is 1. The number of hydrogen-bond donors (Lipinski definition) is 0. The van der Waals surface area contributed by atoms with Gasteiger partial charge in [-0.05, 0) is 35.7 Å². The number of carbonyl (C=O) groups is 2. The van der Waals surface area contributed by atoms with Gasteiger partial charge < -0.3 is 0 Å². The summed E-state index contributed by atoms with van der Waals surface area (Å²) in [5, 5.41) is 13.3. The van der Waals surface area contributed by atoms with E-state index < -0.39 is 35.1 Å². The van der Waals surface area contributed by atoms with Crippen molar-refractivity contribution in [2.75, 3.05) is 4.90 Å². The minimum Gasteiger partial charge on any atom is -0.274 e. The van der Waals surface area contributed by atoms with Crippen molar-refractivity contribution in [1.82, 2.24) is 0 Å². The first kappa shape index (κ1) is 19.2. The predicted molar refractivity (Wildman–Crippen MR) is 118 cm³/mol. The molecule has 3 aromatic rings. The summed E-state index contributed by atoms with van der Waals surface area (Å²) in [4.78, 5) is 41.2. The molecular weight excluding hydrogens is 428 g/mol. The van der Waals surface area contributed by atoms with Crippen LogP contribution in [0.1, 0.15) is 33.7 Å². The van der Waals surface area contributed by atoms with E-state index in [1.54, 1.807) is 42.5 Å². The number of amides is 2. The minimum atomic E-state index is -1.82. The van der Waals surface area contributed by atoms with Gasteiger partial charge in [0, 0.05) is 27.0 Å². The zero-order chi connectivity index (χ0) is 22.4. The Balaban J connectivity index is 1.66. The van der Waals surface area contributed by atoms with Gasteiger partial charge in [0.1, 0.15) is 5.92 Å². The summed E-state index contributed by atoms with van der Waals surface area (Å²) >= 11 is 6.28. The van der Waals surface area contributed by atoms with Gasteiger partial charge in [-0.3, -0.25) is 19.7 Å². The summed E-state index contributed by atoms with van der Waals surface area (Å²) in [7, 11) is 0. The van der Waals surface area contributed by atoms with E-state index >= 15 is 0 Å². The number of imide groups is 1. The maximum absolute atomic E-state index is 13.8. The van der Waals surface area contributed by atoms with Crippen LogP contribution in [-0.2, 0) is 15.1 Å². The van der Waals surface area contributed by atoms with E-state index in [0.717, 1.165) is 21.6 Å². The molecule has 158 valence electrons. The fourth-order valence-corrected chi connectivity index (χ4v) is 6.19. The Labute approximate surface area is 188 Å². The number of benzene rings is 3. The van der Waals surface area contributed by atoms with Gasteiger partial charge in [0.2, 0.25) is 11.8 Å². The van der Waals surface area contributed by atoms with Gasteiger partial charge in [-0.25, -0.2) is 4.90 Å². The highest BCUT2D eigenvalue weighted by Gasteiger charge is 2.74. The second-order valence-electron chi connectivity index (χ2n) is 8.62. The highest BCUT2D eigenvalue weighted by Crippen LogP contribution is 2.64. The van der Waals surface area contributed by atoms with Crippen LogP contribution >= 0.6 is 11.6 Å². The monoisotopic (exact) mass is 444 g/mol. The van der Waals surface area contributed by atoms with Gasteiger partial charge in [-0.15, -0.1) is 0 Å². The molecule has 4 aliphatic rings. The van der Waals surface area contributed by atoms with Gasteiger partial charge in [-0.2, -0.15) is 0 Å². The maximum atomic E-state index is 13.8. The Bertz CT molecular complexity index is 1320. The smallest absolute Gasteiger partial charge is 0.274 e. The van der Waals surface area contributed by atoms with Gasteiger partial charge in [0.15, 0.2) is 0 Å². The van der Waals surface area contributed by atoms with Gasteiger partial charge in [-0.1, -0.05) is 66.2 Å². The summed E-state index contributed by atoms with van der Waals surface area (Å²) in [5.41, 5.74) is 1.83. The van der Waals surface area contributed by atoms with Crippen molar-refractivity contribution in [3.05, 3.63) is 110 Å². The summed E-state index contributed by atoms with van der Waals surface area (Å²) in [5.74, 6) is -3.36. The number of carbonyl (C=O) groups excluding carboxylic acids is 2. The number of hydrogen-bond acceptors (Lipinski definition) is 4. The topological polar surface area (TPSA) is 80.5 Å². The Morgan fingerprint density at radius 2 is 1.53 bits per heavy atom. The van der Waals surface area contributed by atoms with Crippen LogP contribution in [0.5, 0.6) is 0 Å². The molecular formula is C25H17ClN2O4. The third-order valence-electron chi connectivity index (χ3n) is 7.27. The Morgan fingerprint density at radius 1 is 0.938 bits per heavy atom. The highest BCUT2D eigenvalue weighted by atomic mass is 35.5. The van der Waals surface area contributed by atoms with Crippen LogP contribution in [0.25, 0.3) is 0 Å². The molecule has 3 aliphatic carbocycles. The van der Waals surface area contributed by atoms with Crippen molar-refractivity contribution in [2.45, 2.75) is 18.4 Å². The Morgan fingerprint density at radius 3 is 2.09 bits per heavy atom. The number of rotatable bonds is 2. The lowest BCUT2D eigenvalue weighted by Gasteiger charge is -2.48. The third kappa shape index (κ3) is 2.06. The molecule has 1 saturated heterocycles. The van der Waals surface area contributed by atoms with Gasteiger partial charge in [0.25, 0.3) is 5.54 Å². The van der Waals surface area contributed by atoms with Gasteiger partial charge >= 0.3 is 0 Å². The third-order valence-corrected chi connectivity index (χ3v) is 7.68. The zero-order valence-corrected chi connectivity index (χ0v) is 17.7. The van der Waals surface area contributed by atoms with Crippen molar-refractivity contribution in [2.24, 2.45) is 11.8 Å². The molecule has 2 bridgehead atoms. The molecule has 7 rings (SSSR count). The van der Waals surface area contributed by atoms with E-state index in [-0.39, 0.29) is 4.92 Å². The minimum absolute atomic E-state index is 0.344. The lowest BCUT2D eigenvalue weighted by Crippen LogP contribution is -2.57. The van der Waals surface area contributed by atoms with E-state index in [1.807, 2.05) is 31.2 Å². The Hall–Kier alpha value is -3.51. The molecule has 0 radical (unpaired) electrons. The molecule has 0 unspecified atom stereocenters. The predicted octanol–water partition coefficient (Wildman–Crippen LogP) is 4.43. The van der Waals surface area contributed by atoms with Crippen molar-refractivity contribution in [3.63, 3.8) is 0 Å². The van der Waals surface area contributed by atoms with E-state index in [9.17, 15) is 19.7 Å². The molecule has 1 fully saturated rings. The molecule has 32 heavy (non-hydrogen) atoms. The first-order valence-corrected chi connectivity index (χ1v) is 10.7. The molecule has 0 N–H and O–H groups in total. The molecule has 0 aromatic heterocycles. The summed E-state index contributed by atoms with van der Waals surface area (Å²) < 4.78 is 0. The molecule has 6 nitrogen and oxygen atoms in total. The number of aryl methyl sites for hydroxylation is 1. The molecule has 2 amide bonds. The van der Waals surface area contributed by atoms with Crippen LogP contribution < -0.4 is 4.90 Å². The SMILES string of the molecule is Cc1ccc(N2C(=O)[C@@H]3C4c5ccccc5C([N+](=O)[O-])(c5ccccc54)[C@H]3C2=O)cc1Cl. The second kappa shape index (κ2) is 6.26. The van der Waals surface area contributed by atoms with Crippen molar-refractivity contribution in [3.8, 4) is 0 Å². The molecule has 2 atom stereocenters. The standard InChI is InChI=1S/C25H17ClN2O4/c1-13-10-11-14(12-19(13)26)27-23(29)21-20-15-6-2-4-8-17(15)25(28(31)32,22(21)24(27)30)18-9-5-3-7-16(18)20/h2-12,20-22H,1H3/t20?,21-,22-,25?/m1/s1. The first-order chi connectivity index (χ1) is 15.4. The van der Waals surface area contributed by atoms with Crippen LogP contribution in [0.3, 0.4) is 0 Å². The van der Waals surface area contributed by atoms with E-state index in [0.29, 0.717) is 21.8 Å². The van der Waals surface area contributed by atoms with Crippen LogP contribution in [0.2, 0.25) is 5.02 Å².